The van der Waals surface area contributed by atoms with E-state index in [9.17, 15) is 5.11 Å². The van der Waals surface area contributed by atoms with Gasteiger partial charge in [-0.1, -0.05) is 0 Å². The Balaban J connectivity index is 2.88. The molecule has 5 nitrogen and oxygen atoms in total. The van der Waals surface area contributed by atoms with Crippen LogP contribution in [0.4, 0.5) is 11.5 Å². The zero-order chi connectivity index (χ0) is 11.5. The largest absolute Gasteiger partial charge is 0.394 e. The molecule has 0 unspecified atom stereocenters. The molecule has 0 atom stereocenters. The summed E-state index contributed by atoms with van der Waals surface area (Å²) in [6.07, 6.45) is 3.02. The van der Waals surface area contributed by atoms with Gasteiger partial charge in [-0.2, -0.15) is 0 Å². The fourth-order valence-electron chi connectivity index (χ4n) is 1.40. The zero-order valence-electron chi connectivity index (χ0n) is 9.44. The number of hydrogen-bond acceptors (Lipinski definition) is 5. The van der Waals surface area contributed by atoms with Crippen LogP contribution >= 0.6 is 0 Å². The highest BCUT2D eigenvalue weighted by Gasteiger charge is 2.19. The summed E-state index contributed by atoms with van der Waals surface area (Å²) in [5, 5.41) is 9.75. The normalized spacial score (nSPS) is 11.5. The lowest BCUT2D eigenvalue weighted by atomic mass is 10.1. The molecule has 0 amide bonds. The molecule has 0 spiro atoms. The molecule has 0 aliphatic heterocycles. The minimum Gasteiger partial charge on any atom is -0.394 e. The number of nitrogens with zero attached hydrogens (tertiary/aromatic N) is 3. The van der Waals surface area contributed by atoms with Gasteiger partial charge in [-0.15, -0.1) is 0 Å². The molecule has 0 aliphatic rings. The molecule has 1 aromatic rings. The fraction of sp³-hybridized carbons (Fsp3) is 0.600. The van der Waals surface area contributed by atoms with E-state index >= 15 is 0 Å². The Morgan fingerprint density at radius 1 is 1.53 bits per heavy atom. The first-order valence-electron chi connectivity index (χ1n) is 4.97. The molecular formula is C10H18N4O. The summed E-state index contributed by atoms with van der Waals surface area (Å²) in [6, 6.07) is 0. The van der Waals surface area contributed by atoms with Gasteiger partial charge in [0.15, 0.2) is 5.82 Å². The Bertz CT molecular complexity index is 321. The molecule has 1 rings (SSSR count). The van der Waals surface area contributed by atoms with Crippen LogP contribution in [0.15, 0.2) is 12.5 Å². The van der Waals surface area contributed by atoms with E-state index in [1.165, 1.54) is 6.33 Å². The highest BCUT2D eigenvalue weighted by Crippen LogP contribution is 2.19. The van der Waals surface area contributed by atoms with Crippen LogP contribution in [0.2, 0.25) is 0 Å². The highest BCUT2D eigenvalue weighted by atomic mass is 16.3. The first-order chi connectivity index (χ1) is 6.94. The van der Waals surface area contributed by atoms with E-state index in [2.05, 4.69) is 9.97 Å². The minimum absolute atomic E-state index is 0.491. The van der Waals surface area contributed by atoms with E-state index in [1.54, 1.807) is 20.0 Å². The Labute approximate surface area is 90.0 Å². The van der Waals surface area contributed by atoms with Crippen molar-refractivity contribution in [3.8, 4) is 0 Å². The van der Waals surface area contributed by atoms with Gasteiger partial charge in [-0.05, 0) is 20.8 Å². The summed E-state index contributed by atoms with van der Waals surface area (Å²) >= 11 is 0. The summed E-state index contributed by atoms with van der Waals surface area (Å²) in [5.74, 6) is 0.676. The van der Waals surface area contributed by atoms with Crippen molar-refractivity contribution in [3.05, 3.63) is 12.5 Å². The smallest absolute Gasteiger partial charge is 0.155 e. The third-order valence-corrected chi connectivity index (χ3v) is 1.98. The lowest BCUT2D eigenvalue weighted by Crippen LogP contribution is -2.39. The predicted octanol–water partition coefficient (Wildman–Crippen LogP) is 0.656. The summed E-state index contributed by atoms with van der Waals surface area (Å²) in [4.78, 5) is 9.87. The SMILES string of the molecule is CCN(CC(C)(C)O)c1ncncc1N. The van der Waals surface area contributed by atoms with Gasteiger partial charge in [-0.3, -0.25) is 0 Å². The second-order valence-electron chi connectivity index (χ2n) is 4.13. The van der Waals surface area contributed by atoms with Gasteiger partial charge in [0.25, 0.3) is 0 Å². The molecule has 15 heavy (non-hydrogen) atoms. The number of aliphatic hydroxyl groups is 1. The number of rotatable bonds is 4. The maximum atomic E-state index is 9.75. The van der Waals surface area contributed by atoms with Crippen LogP contribution in [-0.2, 0) is 0 Å². The predicted molar refractivity (Wildman–Crippen MR) is 60.6 cm³/mol. The second-order valence-corrected chi connectivity index (χ2v) is 4.13. The molecule has 3 N–H and O–H groups in total. The zero-order valence-corrected chi connectivity index (χ0v) is 9.44. The van der Waals surface area contributed by atoms with Crippen LogP contribution in [0.25, 0.3) is 0 Å². The minimum atomic E-state index is -0.770. The molecule has 0 saturated carbocycles. The molecule has 0 saturated heterocycles. The van der Waals surface area contributed by atoms with Crippen molar-refractivity contribution in [1.82, 2.24) is 9.97 Å². The van der Waals surface area contributed by atoms with Gasteiger partial charge >= 0.3 is 0 Å². The van der Waals surface area contributed by atoms with Crippen LogP contribution in [-0.4, -0.2) is 33.8 Å². The lowest BCUT2D eigenvalue weighted by molar-refractivity contribution is 0.0874. The molecular weight excluding hydrogens is 192 g/mol. The molecule has 1 heterocycles. The lowest BCUT2D eigenvalue weighted by Gasteiger charge is -2.29. The third kappa shape index (κ3) is 3.36. The van der Waals surface area contributed by atoms with E-state index in [0.29, 0.717) is 18.1 Å². The number of aromatic nitrogens is 2. The maximum Gasteiger partial charge on any atom is 0.155 e. The van der Waals surface area contributed by atoms with Crippen molar-refractivity contribution in [1.29, 1.82) is 0 Å². The molecule has 1 aromatic heterocycles. The van der Waals surface area contributed by atoms with Gasteiger partial charge in [0.1, 0.15) is 6.33 Å². The summed E-state index contributed by atoms with van der Waals surface area (Å²) < 4.78 is 0. The van der Waals surface area contributed by atoms with Crippen molar-refractivity contribution in [2.45, 2.75) is 26.4 Å². The van der Waals surface area contributed by atoms with Gasteiger partial charge in [0, 0.05) is 13.1 Å². The summed E-state index contributed by atoms with van der Waals surface area (Å²) in [6.45, 7) is 6.74. The average Bonchev–Trinajstić information content (AvgIpc) is 2.14. The number of nitrogen functional groups attached to an aromatic ring is 1. The molecule has 5 heteroatoms. The van der Waals surface area contributed by atoms with Crippen molar-refractivity contribution in [3.63, 3.8) is 0 Å². The van der Waals surface area contributed by atoms with Crippen molar-refractivity contribution < 1.29 is 5.11 Å². The Morgan fingerprint density at radius 2 is 2.20 bits per heavy atom. The van der Waals surface area contributed by atoms with Crippen molar-refractivity contribution in [2.75, 3.05) is 23.7 Å². The first kappa shape index (κ1) is 11.7. The molecule has 0 aromatic carbocycles. The van der Waals surface area contributed by atoms with E-state index in [4.69, 9.17) is 5.73 Å². The van der Waals surface area contributed by atoms with Gasteiger partial charge < -0.3 is 15.7 Å². The first-order valence-corrected chi connectivity index (χ1v) is 4.97. The monoisotopic (exact) mass is 210 g/mol. The highest BCUT2D eigenvalue weighted by molar-refractivity contribution is 5.60. The van der Waals surface area contributed by atoms with Crippen molar-refractivity contribution in [2.24, 2.45) is 0 Å². The Morgan fingerprint density at radius 3 is 2.67 bits per heavy atom. The molecule has 0 radical (unpaired) electrons. The Kier molecular flexibility index (Phi) is 3.47. The number of anilines is 2. The molecule has 84 valence electrons. The third-order valence-electron chi connectivity index (χ3n) is 1.98. The van der Waals surface area contributed by atoms with Gasteiger partial charge in [-0.25, -0.2) is 9.97 Å². The number of hydrogen-bond donors (Lipinski definition) is 2. The standard InChI is InChI=1S/C10H18N4O/c1-4-14(6-10(2,3)15)9-8(11)5-12-7-13-9/h5,7,15H,4,6,11H2,1-3H3. The Hall–Kier alpha value is -1.36. The molecule has 0 fully saturated rings. The second kappa shape index (κ2) is 4.44. The van der Waals surface area contributed by atoms with E-state index in [0.717, 1.165) is 6.54 Å². The fourth-order valence-corrected chi connectivity index (χ4v) is 1.40. The van der Waals surface area contributed by atoms with Gasteiger partial charge in [0.05, 0.1) is 17.5 Å². The maximum absolute atomic E-state index is 9.75. The van der Waals surface area contributed by atoms with E-state index < -0.39 is 5.60 Å². The van der Waals surface area contributed by atoms with Crippen molar-refractivity contribution >= 4 is 11.5 Å². The van der Waals surface area contributed by atoms with Crippen LogP contribution in [0.5, 0.6) is 0 Å². The quantitative estimate of drug-likeness (QED) is 0.763. The van der Waals surface area contributed by atoms with E-state index in [-0.39, 0.29) is 0 Å². The molecule has 0 aliphatic carbocycles. The van der Waals surface area contributed by atoms with Crippen LogP contribution in [0.3, 0.4) is 0 Å². The van der Waals surface area contributed by atoms with Crippen LogP contribution in [0, 0.1) is 0 Å². The summed E-state index contributed by atoms with van der Waals surface area (Å²) in [7, 11) is 0. The number of likely N-dealkylation sites (N-methyl/N-ethyl adjacent to an activating group) is 1. The van der Waals surface area contributed by atoms with E-state index in [1.807, 2.05) is 11.8 Å². The topological polar surface area (TPSA) is 75.3 Å². The van der Waals surface area contributed by atoms with Crippen LogP contribution < -0.4 is 10.6 Å². The van der Waals surface area contributed by atoms with Crippen LogP contribution in [0.1, 0.15) is 20.8 Å². The number of nitrogens with two attached hydrogens (primary N) is 1. The average molecular weight is 210 g/mol. The van der Waals surface area contributed by atoms with Gasteiger partial charge in [0.2, 0.25) is 0 Å². The summed E-state index contributed by atoms with van der Waals surface area (Å²) in [5.41, 5.74) is 5.53. The molecule has 0 bridgehead atoms.